The Balaban J connectivity index is 1.45. The summed E-state index contributed by atoms with van der Waals surface area (Å²) in [5.74, 6) is 0.876. The van der Waals surface area contributed by atoms with E-state index in [0.717, 1.165) is 49.0 Å². The Morgan fingerprint density at radius 2 is 1.70 bits per heavy atom. The second-order valence-corrected chi connectivity index (χ2v) is 7.30. The van der Waals surface area contributed by atoms with Gasteiger partial charge in [-0.15, -0.1) is 0 Å². The predicted molar refractivity (Wildman–Crippen MR) is 110 cm³/mol. The largest absolute Gasteiger partial charge is 0.369 e. The number of anilines is 1. The molecule has 0 atom stereocenters. The van der Waals surface area contributed by atoms with Gasteiger partial charge in [-0.3, -0.25) is 9.88 Å². The van der Waals surface area contributed by atoms with Gasteiger partial charge >= 0.3 is 0 Å². The highest BCUT2D eigenvalue weighted by Crippen LogP contribution is 2.21. The van der Waals surface area contributed by atoms with Crippen molar-refractivity contribution < 1.29 is 0 Å². The molecule has 1 saturated heterocycles. The molecule has 3 heterocycles. The van der Waals surface area contributed by atoms with Crippen molar-refractivity contribution in [2.45, 2.75) is 13.6 Å². The average Bonchev–Trinajstić information content (AvgIpc) is 2.98. The van der Waals surface area contributed by atoms with Crippen molar-refractivity contribution >= 4 is 17.9 Å². The van der Waals surface area contributed by atoms with E-state index in [2.05, 4.69) is 46.0 Å². The zero-order valence-electron chi connectivity index (χ0n) is 15.7. The first-order valence-electron chi connectivity index (χ1n) is 9.20. The van der Waals surface area contributed by atoms with Crippen molar-refractivity contribution in [1.29, 1.82) is 0 Å². The fourth-order valence-electron chi connectivity index (χ4n) is 3.57. The van der Waals surface area contributed by atoms with E-state index in [1.807, 2.05) is 28.4 Å². The molecule has 0 bridgehead atoms. The molecule has 1 fully saturated rings. The van der Waals surface area contributed by atoms with Crippen LogP contribution in [0.25, 0.3) is 11.4 Å². The van der Waals surface area contributed by atoms with E-state index >= 15 is 0 Å². The van der Waals surface area contributed by atoms with Crippen molar-refractivity contribution in [3.63, 3.8) is 0 Å². The summed E-state index contributed by atoms with van der Waals surface area (Å²) in [6.45, 7) is 6.92. The molecular weight excluding hydrogens is 356 g/mol. The number of hydrogen-bond acceptors (Lipinski definition) is 5. The predicted octanol–water partition coefficient (Wildman–Crippen LogP) is 3.10. The molecule has 7 heteroatoms. The van der Waals surface area contributed by atoms with Crippen molar-refractivity contribution in [1.82, 2.24) is 24.2 Å². The van der Waals surface area contributed by atoms with Crippen molar-refractivity contribution in [2.24, 2.45) is 7.05 Å². The van der Waals surface area contributed by atoms with Crippen LogP contribution >= 0.6 is 12.2 Å². The molecule has 6 nitrogen and oxygen atoms in total. The van der Waals surface area contributed by atoms with Gasteiger partial charge in [0.05, 0.1) is 6.67 Å². The van der Waals surface area contributed by atoms with Gasteiger partial charge in [-0.05, 0) is 42.9 Å². The maximum atomic E-state index is 5.61. The second-order valence-electron chi connectivity index (χ2n) is 6.93. The molecule has 3 aromatic rings. The van der Waals surface area contributed by atoms with Gasteiger partial charge in [-0.25, -0.2) is 4.68 Å². The summed E-state index contributed by atoms with van der Waals surface area (Å²) in [6.07, 6.45) is 3.56. The quantitative estimate of drug-likeness (QED) is 0.651. The van der Waals surface area contributed by atoms with Crippen LogP contribution in [0.3, 0.4) is 0 Å². The fraction of sp³-hybridized carbons (Fsp3) is 0.350. The molecular formula is C20H24N6S. The standard InChI is InChI=1S/C20H24N6S/c1-16-5-3-4-6-18(16)25-13-11-24(12-14-25)15-26-20(27)23(2)19(22-26)17-7-9-21-10-8-17/h3-10H,11-15H2,1-2H3. The highest BCUT2D eigenvalue weighted by molar-refractivity contribution is 7.71. The summed E-state index contributed by atoms with van der Waals surface area (Å²) >= 11 is 5.61. The molecule has 1 aliphatic rings. The molecule has 0 saturated carbocycles. The van der Waals surface area contributed by atoms with Gasteiger partial charge in [0.15, 0.2) is 10.6 Å². The van der Waals surface area contributed by atoms with Gasteiger partial charge in [-0.2, -0.15) is 5.10 Å². The minimum Gasteiger partial charge on any atom is -0.369 e. The molecule has 0 aliphatic carbocycles. The minimum atomic E-state index is 0.722. The van der Waals surface area contributed by atoms with Crippen LogP contribution in [0.2, 0.25) is 0 Å². The van der Waals surface area contributed by atoms with Gasteiger partial charge in [0.1, 0.15) is 0 Å². The van der Waals surface area contributed by atoms with E-state index in [4.69, 9.17) is 17.3 Å². The Morgan fingerprint density at radius 1 is 1.00 bits per heavy atom. The number of rotatable bonds is 4. The van der Waals surface area contributed by atoms with Crippen LogP contribution in [0.5, 0.6) is 0 Å². The fourth-order valence-corrected chi connectivity index (χ4v) is 3.76. The van der Waals surface area contributed by atoms with Crippen molar-refractivity contribution in [2.75, 3.05) is 31.1 Å². The SMILES string of the molecule is Cc1ccccc1N1CCN(Cn2nc(-c3ccncc3)n(C)c2=S)CC1. The summed E-state index contributed by atoms with van der Waals surface area (Å²) in [4.78, 5) is 8.95. The molecule has 27 heavy (non-hydrogen) atoms. The molecule has 4 rings (SSSR count). The normalized spacial score (nSPS) is 15.3. The molecule has 0 amide bonds. The monoisotopic (exact) mass is 380 g/mol. The van der Waals surface area contributed by atoms with Crippen LogP contribution in [0, 0.1) is 11.7 Å². The Bertz CT molecular complexity index is 970. The summed E-state index contributed by atoms with van der Waals surface area (Å²) in [5, 5.41) is 4.76. The smallest absolute Gasteiger partial charge is 0.199 e. The Labute approximate surface area is 164 Å². The molecule has 1 aliphatic heterocycles. The lowest BCUT2D eigenvalue weighted by molar-refractivity contribution is 0.194. The second kappa shape index (κ2) is 7.62. The van der Waals surface area contributed by atoms with E-state index in [-0.39, 0.29) is 0 Å². The summed E-state index contributed by atoms with van der Waals surface area (Å²) in [5.41, 5.74) is 3.70. The molecule has 0 spiro atoms. The number of aryl methyl sites for hydroxylation is 1. The first-order chi connectivity index (χ1) is 13.1. The maximum Gasteiger partial charge on any atom is 0.199 e. The molecule has 0 radical (unpaired) electrons. The van der Waals surface area contributed by atoms with Crippen molar-refractivity contribution in [3.05, 3.63) is 59.1 Å². The number of benzene rings is 1. The van der Waals surface area contributed by atoms with Crippen LogP contribution < -0.4 is 4.90 Å². The number of aromatic nitrogens is 4. The third kappa shape index (κ3) is 3.65. The van der Waals surface area contributed by atoms with Gasteiger partial charge < -0.3 is 9.47 Å². The number of nitrogens with zero attached hydrogens (tertiary/aromatic N) is 6. The number of pyridine rings is 1. The third-order valence-electron chi connectivity index (χ3n) is 5.14. The van der Waals surface area contributed by atoms with E-state index in [0.29, 0.717) is 0 Å². The lowest BCUT2D eigenvalue weighted by Crippen LogP contribution is -2.47. The average molecular weight is 381 g/mol. The summed E-state index contributed by atoms with van der Waals surface area (Å²) < 4.78 is 4.63. The highest BCUT2D eigenvalue weighted by Gasteiger charge is 2.20. The summed E-state index contributed by atoms with van der Waals surface area (Å²) in [6, 6.07) is 12.5. The molecule has 1 aromatic carbocycles. The summed E-state index contributed by atoms with van der Waals surface area (Å²) in [7, 11) is 1.97. The Morgan fingerprint density at radius 3 is 2.41 bits per heavy atom. The first kappa shape index (κ1) is 17.9. The zero-order valence-corrected chi connectivity index (χ0v) is 16.6. The third-order valence-corrected chi connectivity index (χ3v) is 5.63. The highest BCUT2D eigenvalue weighted by atomic mass is 32.1. The molecule has 140 valence electrons. The Kier molecular flexibility index (Phi) is 5.05. The number of hydrogen-bond donors (Lipinski definition) is 0. The van der Waals surface area contributed by atoms with Crippen LogP contribution in [0.4, 0.5) is 5.69 Å². The van der Waals surface area contributed by atoms with E-state index in [9.17, 15) is 0 Å². The van der Waals surface area contributed by atoms with Gasteiger partial charge in [0.25, 0.3) is 0 Å². The van der Waals surface area contributed by atoms with Crippen LogP contribution in [-0.4, -0.2) is 50.4 Å². The first-order valence-corrected chi connectivity index (χ1v) is 9.61. The van der Waals surface area contributed by atoms with E-state index in [1.165, 1.54) is 11.3 Å². The van der Waals surface area contributed by atoms with Gasteiger partial charge in [0.2, 0.25) is 0 Å². The van der Waals surface area contributed by atoms with Crippen LogP contribution in [0.15, 0.2) is 48.8 Å². The minimum absolute atomic E-state index is 0.722. The van der Waals surface area contributed by atoms with E-state index < -0.39 is 0 Å². The zero-order chi connectivity index (χ0) is 18.8. The molecule has 0 N–H and O–H groups in total. The van der Waals surface area contributed by atoms with Crippen molar-refractivity contribution in [3.8, 4) is 11.4 Å². The van der Waals surface area contributed by atoms with Gasteiger partial charge in [0, 0.05) is 56.9 Å². The van der Waals surface area contributed by atoms with Crippen LogP contribution in [0.1, 0.15) is 5.56 Å². The van der Waals surface area contributed by atoms with Gasteiger partial charge in [-0.1, -0.05) is 18.2 Å². The Hall–Kier alpha value is -2.51. The number of para-hydroxylation sites is 1. The maximum absolute atomic E-state index is 5.61. The number of piperazine rings is 1. The lowest BCUT2D eigenvalue weighted by Gasteiger charge is -2.36. The molecule has 2 aromatic heterocycles. The topological polar surface area (TPSA) is 42.1 Å². The van der Waals surface area contributed by atoms with E-state index in [1.54, 1.807) is 12.4 Å². The lowest BCUT2D eigenvalue weighted by atomic mass is 10.1. The van der Waals surface area contributed by atoms with Crippen LogP contribution in [-0.2, 0) is 13.7 Å². The molecule has 0 unspecified atom stereocenters.